The molecule has 1 aliphatic rings. The van der Waals surface area contributed by atoms with Crippen LogP contribution in [0.3, 0.4) is 0 Å². The van der Waals surface area contributed by atoms with Crippen LogP contribution < -0.4 is 0 Å². The Morgan fingerprint density at radius 2 is 2.00 bits per heavy atom. The van der Waals surface area contributed by atoms with E-state index in [1.54, 1.807) is 6.20 Å². The minimum atomic E-state index is -0.425. The van der Waals surface area contributed by atoms with E-state index in [2.05, 4.69) is 34.3 Å². The molecule has 0 bridgehead atoms. The molecule has 0 amide bonds. The average Bonchev–Trinajstić information content (AvgIpc) is 3.01. The van der Waals surface area contributed by atoms with Gasteiger partial charge in [-0.05, 0) is 30.2 Å². The normalized spacial score (nSPS) is 22.8. The van der Waals surface area contributed by atoms with Gasteiger partial charge in [-0.3, -0.25) is 9.58 Å². The van der Waals surface area contributed by atoms with Gasteiger partial charge in [-0.1, -0.05) is 24.3 Å². The molecule has 2 aromatic rings. The minimum absolute atomic E-state index is 0.0300. The van der Waals surface area contributed by atoms with Crippen LogP contribution in [0.2, 0.25) is 0 Å². The first-order chi connectivity index (χ1) is 10.7. The highest BCUT2D eigenvalue weighted by Crippen LogP contribution is 2.19. The summed E-state index contributed by atoms with van der Waals surface area (Å²) in [4.78, 5) is 2.25. The number of β-amino-alcohol motifs (C(OH)–C–C–N with tert-alkyl or cyclic N) is 1. The van der Waals surface area contributed by atoms with E-state index in [4.69, 9.17) is 0 Å². The van der Waals surface area contributed by atoms with E-state index in [-0.39, 0.29) is 12.5 Å². The molecule has 1 fully saturated rings. The first kappa shape index (κ1) is 15.2. The van der Waals surface area contributed by atoms with E-state index in [0.29, 0.717) is 6.54 Å². The highest BCUT2D eigenvalue weighted by molar-refractivity contribution is 5.23. The minimum Gasteiger partial charge on any atom is -0.396 e. The van der Waals surface area contributed by atoms with Gasteiger partial charge in [0.15, 0.2) is 0 Å². The van der Waals surface area contributed by atoms with Crippen LogP contribution in [0.1, 0.15) is 17.5 Å². The van der Waals surface area contributed by atoms with Crippen molar-refractivity contribution < 1.29 is 10.2 Å². The SMILES string of the molecule is OC[C@H]1CCN(Cc2cccc(Cn3cccn3)c2)C[C@@H]1O. The van der Waals surface area contributed by atoms with E-state index in [1.165, 1.54) is 11.1 Å². The van der Waals surface area contributed by atoms with Gasteiger partial charge < -0.3 is 10.2 Å². The van der Waals surface area contributed by atoms with Gasteiger partial charge in [0.05, 0.1) is 12.6 Å². The molecule has 0 unspecified atom stereocenters. The molecule has 1 aromatic heterocycles. The molecule has 1 aliphatic heterocycles. The third-order valence-electron chi connectivity index (χ3n) is 4.34. The van der Waals surface area contributed by atoms with Gasteiger partial charge in [0.2, 0.25) is 0 Å². The first-order valence-electron chi connectivity index (χ1n) is 7.81. The number of hydrogen-bond donors (Lipinski definition) is 2. The van der Waals surface area contributed by atoms with Crippen molar-refractivity contribution in [3.8, 4) is 0 Å². The number of aliphatic hydroxyl groups excluding tert-OH is 2. The molecule has 0 spiro atoms. The van der Waals surface area contributed by atoms with Gasteiger partial charge >= 0.3 is 0 Å². The highest BCUT2D eigenvalue weighted by Gasteiger charge is 2.26. The van der Waals surface area contributed by atoms with Crippen molar-refractivity contribution in [1.29, 1.82) is 0 Å². The molecule has 118 valence electrons. The summed E-state index contributed by atoms with van der Waals surface area (Å²) in [6, 6.07) is 10.4. The Kier molecular flexibility index (Phi) is 4.87. The molecule has 0 radical (unpaired) electrons. The Labute approximate surface area is 130 Å². The van der Waals surface area contributed by atoms with Gasteiger partial charge in [-0.2, -0.15) is 5.10 Å². The van der Waals surface area contributed by atoms with E-state index >= 15 is 0 Å². The largest absolute Gasteiger partial charge is 0.396 e. The van der Waals surface area contributed by atoms with E-state index in [1.807, 2.05) is 16.9 Å². The average molecular weight is 301 g/mol. The lowest BCUT2D eigenvalue weighted by Gasteiger charge is -2.35. The molecular weight excluding hydrogens is 278 g/mol. The summed E-state index contributed by atoms with van der Waals surface area (Å²) in [5.74, 6) is 0.0300. The fraction of sp³-hybridized carbons (Fsp3) is 0.471. The molecule has 1 saturated heterocycles. The maximum Gasteiger partial charge on any atom is 0.0717 e. The number of rotatable bonds is 5. The first-order valence-corrected chi connectivity index (χ1v) is 7.81. The smallest absolute Gasteiger partial charge is 0.0717 e. The maximum absolute atomic E-state index is 10.0. The fourth-order valence-electron chi connectivity index (χ4n) is 3.07. The van der Waals surface area contributed by atoms with Gasteiger partial charge in [-0.15, -0.1) is 0 Å². The summed E-state index contributed by atoms with van der Waals surface area (Å²) in [6.45, 7) is 3.24. The summed E-state index contributed by atoms with van der Waals surface area (Å²) in [7, 11) is 0. The number of piperidine rings is 1. The standard InChI is InChI=1S/C17H23N3O2/c21-13-16-5-8-19(12-17(16)22)10-14-3-1-4-15(9-14)11-20-7-2-6-18-20/h1-4,6-7,9,16-17,21-22H,5,8,10-13H2/t16-,17+/m1/s1. The molecule has 22 heavy (non-hydrogen) atoms. The lowest BCUT2D eigenvalue weighted by Crippen LogP contribution is -2.44. The third-order valence-corrected chi connectivity index (χ3v) is 4.34. The second-order valence-electron chi connectivity index (χ2n) is 6.06. The van der Waals surface area contributed by atoms with Gasteiger partial charge in [0, 0.05) is 38.0 Å². The Hall–Kier alpha value is -1.69. The molecule has 5 nitrogen and oxygen atoms in total. The van der Waals surface area contributed by atoms with Crippen LogP contribution >= 0.6 is 0 Å². The highest BCUT2D eigenvalue weighted by atomic mass is 16.3. The van der Waals surface area contributed by atoms with Crippen molar-refractivity contribution in [1.82, 2.24) is 14.7 Å². The van der Waals surface area contributed by atoms with Crippen LogP contribution in [0.25, 0.3) is 0 Å². The Morgan fingerprint density at radius 1 is 1.18 bits per heavy atom. The van der Waals surface area contributed by atoms with Gasteiger partial charge in [0.25, 0.3) is 0 Å². The Morgan fingerprint density at radius 3 is 2.68 bits per heavy atom. The molecule has 3 rings (SSSR count). The van der Waals surface area contributed by atoms with Crippen LogP contribution in [0.5, 0.6) is 0 Å². The second-order valence-corrected chi connectivity index (χ2v) is 6.06. The second kappa shape index (κ2) is 7.05. The summed E-state index contributed by atoms with van der Waals surface area (Å²) >= 11 is 0. The Balaban J connectivity index is 1.61. The molecule has 1 aromatic carbocycles. The van der Waals surface area contributed by atoms with Gasteiger partial charge in [0.1, 0.15) is 0 Å². The summed E-state index contributed by atoms with van der Waals surface area (Å²) in [5, 5.41) is 23.5. The molecule has 0 saturated carbocycles. The number of nitrogens with zero attached hydrogens (tertiary/aromatic N) is 3. The Bertz CT molecular complexity index is 585. The third kappa shape index (κ3) is 3.74. The van der Waals surface area contributed by atoms with Crippen molar-refractivity contribution in [2.24, 2.45) is 5.92 Å². The van der Waals surface area contributed by atoms with Crippen molar-refractivity contribution in [3.63, 3.8) is 0 Å². The zero-order chi connectivity index (χ0) is 15.4. The number of benzene rings is 1. The fourth-order valence-corrected chi connectivity index (χ4v) is 3.07. The number of aromatic nitrogens is 2. The van der Waals surface area contributed by atoms with Crippen LogP contribution in [0.15, 0.2) is 42.7 Å². The van der Waals surface area contributed by atoms with Crippen LogP contribution in [-0.4, -0.2) is 50.7 Å². The topological polar surface area (TPSA) is 61.5 Å². The van der Waals surface area contributed by atoms with Crippen LogP contribution in [-0.2, 0) is 13.1 Å². The van der Waals surface area contributed by atoms with Crippen LogP contribution in [0, 0.1) is 5.92 Å². The zero-order valence-electron chi connectivity index (χ0n) is 12.7. The predicted octanol–water partition coefficient (Wildman–Crippen LogP) is 1.11. The molecule has 2 heterocycles. The van der Waals surface area contributed by atoms with Gasteiger partial charge in [-0.25, -0.2) is 0 Å². The molecule has 0 aliphatic carbocycles. The monoisotopic (exact) mass is 301 g/mol. The lowest BCUT2D eigenvalue weighted by molar-refractivity contribution is -0.00444. The quantitative estimate of drug-likeness (QED) is 0.868. The predicted molar refractivity (Wildman–Crippen MR) is 84.2 cm³/mol. The van der Waals surface area contributed by atoms with Crippen molar-refractivity contribution in [2.75, 3.05) is 19.7 Å². The molecule has 2 N–H and O–H groups in total. The maximum atomic E-state index is 10.0. The molecule has 2 atom stereocenters. The zero-order valence-corrected chi connectivity index (χ0v) is 12.7. The molecule has 5 heteroatoms. The van der Waals surface area contributed by atoms with Crippen molar-refractivity contribution in [2.45, 2.75) is 25.6 Å². The van der Waals surface area contributed by atoms with E-state index in [0.717, 1.165) is 26.1 Å². The lowest BCUT2D eigenvalue weighted by atomic mass is 9.94. The van der Waals surface area contributed by atoms with Crippen molar-refractivity contribution in [3.05, 3.63) is 53.9 Å². The molecular formula is C17H23N3O2. The van der Waals surface area contributed by atoms with E-state index < -0.39 is 6.10 Å². The summed E-state index contributed by atoms with van der Waals surface area (Å²) in [5.41, 5.74) is 2.48. The van der Waals surface area contributed by atoms with Crippen molar-refractivity contribution >= 4 is 0 Å². The number of likely N-dealkylation sites (tertiary alicyclic amines) is 1. The van der Waals surface area contributed by atoms with E-state index in [9.17, 15) is 10.2 Å². The summed E-state index contributed by atoms with van der Waals surface area (Å²) in [6.07, 6.45) is 4.18. The summed E-state index contributed by atoms with van der Waals surface area (Å²) < 4.78 is 1.91. The van der Waals surface area contributed by atoms with Crippen LogP contribution in [0.4, 0.5) is 0 Å². The number of hydrogen-bond acceptors (Lipinski definition) is 4. The number of aliphatic hydroxyl groups is 2.